The first-order valence-corrected chi connectivity index (χ1v) is 9.56. The van der Waals surface area contributed by atoms with Gasteiger partial charge in [-0.1, -0.05) is 6.07 Å². The number of halogens is 3. The second-order valence-electron chi connectivity index (χ2n) is 7.05. The number of alkyl halides is 3. The number of pyridine rings is 1. The van der Waals surface area contributed by atoms with Gasteiger partial charge in [0.2, 0.25) is 11.8 Å². The van der Waals surface area contributed by atoms with Crippen molar-refractivity contribution >= 4 is 12.6 Å². The second-order valence-corrected chi connectivity index (χ2v) is 7.05. The fourth-order valence-corrected chi connectivity index (χ4v) is 2.93. The van der Waals surface area contributed by atoms with Crippen LogP contribution in [0.3, 0.4) is 0 Å². The molecule has 2 aromatic rings. The predicted molar refractivity (Wildman–Crippen MR) is 104 cm³/mol. The van der Waals surface area contributed by atoms with Gasteiger partial charge < -0.3 is 23.9 Å². The molecule has 3 rings (SSSR count). The van der Waals surface area contributed by atoms with Gasteiger partial charge in [0, 0.05) is 12.5 Å². The van der Waals surface area contributed by atoms with Crippen LogP contribution in [0.2, 0.25) is 0 Å². The van der Waals surface area contributed by atoms with Crippen LogP contribution in [0, 0.1) is 11.3 Å². The Morgan fingerprint density at radius 3 is 2.74 bits per heavy atom. The highest BCUT2D eigenvalue weighted by Gasteiger charge is 2.37. The fraction of sp³-hybridized carbons (Fsp3) is 0.400. The summed E-state index contributed by atoms with van der Waals surface area (Å²) in [5, 5.41) is 19.0. The highest BCUT2D eigenvalue weighted by atomic mass is 19.4. The molecule has 0 saturated carbocycles. The van der Waals surface area contributed by atoms with Crippen molar-refractivity contribution in [3.05, 3.63) is 41.0 Å². The first-order chi connectivity index (χ1) is 14.7. The first-order valence-electron chi connectivity index (χ1n) is 9.56. The number of fused-ring (bicyclic) bond motifs is 1. The lowest BCUT2D eigenvalue weighted by Gasteiger charge is -2.15. The summed E-state index contributed by atoms with van der Waals surface area (Å²) in [5.74, 6) is -0.631. The quantitative estimate of drug-likeness (QED) is 0.502. The summed E-state index contributed by atoms with van der Waals surface area (Å²) in [4.78, 5) is 3.97. The van der Waals surface area contributed by atoms with Gasteiger partial charge in [0.15, 0.2) is 0 Å². The molecule has 1 aliphatic heterocycles. The van der Waals surface area contributed by atoms with Gasteiger partial charge >= 0.3 is 13.3 Å². The zero-order valence-electron chi connectivity index (χ0n) is 16.9. The van der Waals surface area contributed by atoms with Gasteiger partial charge in [-0.05, 0) is 37.0 Å². The lowest BCUT2D eigenvalue weighted by molar-refractivity contribution is -0.138. The Labute approximate surface area is 177 Å². The maximum atomic E-state index is 13.5. The normalized spacial score (nSPS) is 13.3. The standard InChI is InChI=1S/C20H20BF3N2O5/c1-12(2)28-6-3-7-29-19-15(10-25)16(20(22,23)24)9-18(26-19)31-14-4-5-17-13(8-14)11-30-21(17)27/h4-5,8-9,12,27H,3,6-7,11H2,1-2H3. The van der Waals surface area contributed by atoms with E-state index in [1.54, 1.807) is 12.1 Å². The van der Waals surface area contributed by atoms with E-state index in [1.807, 2.05) is 13.8 Å². The zero-order valence-corrected chi connectivity index (χ0v) is 16.9. The van der Waals surface area contributed by atoms with Crippen LogP contribution in [-0.4, -0.2) is 36.4 Å². The molecule has 0 atom stereocenters. The average molecular weight is 436 g/mol. The van der Waals surface area contributed by atoms with Gasteiger partial charge in [-0.25, -0.2) is 0 Å². The van der Waals surface area contributed by atoms with Crippen LogP contribution in [-0.2, 0) is 22.2 Å². The van der Waals surface area contributed by atoms with Crippen molar-refractivity contribution in [2.75, 3.05) is 13.2 Å². The molecule has 1 N–H and O–H groups in total. The molecule has 0 unspecified atom stereocenters. The molecule has 1 aromatic carbocycles. The summed E-state index contributed by atoms with van der Waals surface area (Å²) < 4.78 is 61.9. The molecule has 11 heteroatoms. The van der Waals surface area contributed by atoms with Crippen molar-refractivity contribution < 1.29 is 37.1 Å². The molecular weight excluding hydrogens is 416 g/mol. The van der Waals surface area contributed by atoms with Crippen molar-refractivity contribution in [3.8, 4) is 23.6 Å². The number of rotatable bonds is 8. The van der Waals surface area contributed by atoms with E-state index in [0.717, 1.165) is 0 Å². The van der Waals surface area contributed by atoms with E-state index in [1.165, 1.54) is 12.1 Å². The number of hydrogen-bond donors (Lipinski definition) is 1. The summed E-state index contributed by atoms with van der Waals surface area (Å²) >= 11 is 0. The molecule has 2 heterocycles. The van der Waals surface area contributed by atoms with E-state index < -0.39 is 30.3 Å². The summed E-state index contributed by atoms with van der Waals surface area (Å²) in [6.45, 7) is 4.24. The molecule has 0 spiro atoms. The SMILES string of the molecule is CC(C)OCCCOc1nc(Oc2ccc3c(c2)COB3O)cc(C(F)(F)F)c1C#N. The molecule has 0 saturated heterocycles. The Morgan fingerprint density at radius 2 is 2.06 bits per heavy atom. The van der Waals surface area contributed by atoms with Crippen LogP contribution < -0.4 is 14.9 Å². The zero-order chi connectivity index (χ0) is 22.6. The van der Waals surface area contributed by atoms with Crippen LogP contribution in [0.1, 0.15) is 37.0 Å². The molecule has 0 amide bonds. The summed E-state index contributed by atoms with van der Waals surface area (Å²) in [5.41, 5.74) is -0.705. The molecular formula is C20H20BF3N2O5. The summed E-state index contributed by atoms with van der Waals surface area (Å²) in [7, 11) is -1.05. The molecule has 1 aliphatic rings. The minimum Gasteiger partial charge on any atom is -0.477 e. The van der Waals surface area contributed by atoms with Crippen LogP contribution in [0.15, 0.2) is 24.3 Å². The van der Waals surface area contributed by atoms with E-state index in [9.17, 15) is 23.5 Å². The van der Waals surface area contributed by atoms with Gasteiger partial charge in [-0.2, -0.15) is 23.4 Å². The van der Waals surface area contributed by atoms with Gasteiger partial charge in [0.1, 0.15) is 17.4 Å². The van der Waals surface area contributed by atoms with Crippen LogP contribution in [0.5, 0.6) is 17.5 Å². The molecule has 0 bridgehead atoms. The number of aromatic nitrogens is 1. The topological polar surface area (TPSA) is 93.8 Å². The molecule has 0 fully saturated rings. The van der Waals surface area contributed by atoms with E-state index in [4.69, 9.17) is 18.9 Å². The van der Waals surface area contributed by atoms with Crippen LogP contribution in [0.25, 0.3) is 0 Å². The number of hydrogen-bond acceptors (Lipinski definition) is 7. The lowest BCUT2D eigenvalue weighted by Crippen LogP contribution is -2.27. The minimum atomic E-state index is -4.80. The number of nitriles is 1. The van der Waals surface area contributed by atoms with Crippen molar-refractivity contribution in [1.82, 2.24) is 4.98 Å². The number of ether oxygens (including phenoxy) is 3. The minimum absolute atomic E-state index is 0.0141. The van der Waals surface area contributed by atoms with Crippen molar-refractivity contribution in [2.45, 2.75) is 39.2 Å². The molecule has 7 nitrogen and oxygen atoms in total. The van der Waals surface area contributed by atoms with E-state index >= 15 is 0 Å². The van der Waals surface area contributed by atoms with Gasteiger partial charge in [0.25, 0.3) is 0 Å². The third kappa shape index (κ3) is 5.67. The smallest absolute Gasteiger partial charge is 0.477 e. The molecule has 0 radical (unpaired) electrons. The van der Waals surface area contributed by atoms with Crippen LogP contribution in [0.4, 0.5) is 13.2 Å². The van der Waals surface area contributed by atoms with E-state index in [-0.39, 0.29) is 30.9 Å². The highest BCUT2D eigenvalue weighted by Crippen LogP contribution is 2.38. The Balaban J connectivity index is 1.85. The Morgan fingerprint density at radius 1 is 1.29 bits per heavy atom. The summed E-state index contributed by atoms with van der Waals surface area (Å²) in [6.07, 6.45) is -4.38. The predicted octanol–water partition coefficient (Wildman–Crippen LogP) is 3.18. The van der Waals surface area contributed by atoms with Gasteiger partial charge in [-0.3, -0.25) is 0 Å². The van der Waals surface area contributed by atoms with Gasteiger partial charge in [-0.15, -0.1) is 0 Å². The van der Waals surface area contributed by atoms with E-state index in [0.29, 0.717) is 30.1 Å². The highest BCUT2D eigenvalue weighted by molar-refractivity contribution is 6.61. The molecule has 31 heavy (non-hydrogen) atoms. The average Bonchev–Trinajstić information content (AvgIpc) is 3.06. The number of benzene rings is 1. The van der Waals surface area contributed by atoms with Crippen molar-refractivity contribution in [1.29, 1.82) is 5.26 Å². The first kappa shape index (κ1) is 22.9. The van der Waals surface area contributed by atoms with Crippen molar-refractivity contribution in [2.24, 2.45) is 0 Å². The second kappa shape index (κ2) is 9.55. The monoisotopic (exact) mass is 436 g/mol. The number of nitrogens with zero attached hydrogens (tertiary/aromatic N) is 2. The molecule has 1 aromatic heterocycles. The Kier molecular flexibility index (Phi) is 7.05. The fourth-order valence-electron chi connectivity index (χ4n) is 2.93. The molecule has 0 aliphatic carbocycles. The third-order valence-electron chi connectivity index (χ3n) is 4.36. The third-order valence-corrected chi connectivity index (χ3v) is 4.36. The molecule has 164 valence electrons. The van der Waals surface area contributed by atoms with Gasteiger partial charge in [0.05, 0.1) is 31.5 Å². The maximum Gasteiger partial charge on any atom is 0.491 e. The van der Waals surface area contributed by atoms with E-state index in [2.05, 4.69) is 4.98 Å². The van der Waals surface area contributed by atoms with Crippen molar-refractivity contribution in [3.63, 3.8) is 0 Å². The lowest BCUT2D eigenvalue weighted by atomic mass is 9.80. The Bertz CT molecular complexity index is 979. The Hall–Kier alpha value is -2.81. The maximum absolute atomic E-state index is 13.5. The largest absolute Gasteiger partial charge is 0.491 e. The van der Waals surface area contributed by atoms with Crippen LogP contribution >= 0.6 is 0 Å². The summed E-state index contributed by atoms with van der Waals surface area (Å²) in [6, 6.07) is 6.76.